The van der Waals surface area contributed by atoms with E-state index in [4.69, 9.17) is 11.6 Å². The fourth-order valence-corrected chi connectivity index (χ4v) is 6.37. The molecule has 3 aliphatic rings. The van der Waals surface area contributed by atoms with E-state index in [9.17, 15) is 9.59 Å². The summed E-state index contributed by atoms with van der Waals surface area (Å²) < 4.78 is 0. The second-order valence-electron chi connectivity index (χ2n) is 8.80. The summed E-state index contributed by atoms with van der Waals surface area (Å²) in [6.45, 7) is 0.780. The molecule has 6 rings (SSSR count). The van der Waals surface area contributed by atoms with Gasteiger partial charge in [-0.2, -0.15) is 0 Å². The van der Waals surface area contributed by atoms with Gasteiger partial charge in [-0.1, -0.05) is 48.0 Å². The number of hydrogen-bond acceptors (Lipinski definition) is 4. The van der Waals surface area contributed by atoms with Crippen molar-refractivity contribution in [1.82, 2.24) is 9.88 Å². The predicted octanol–water partition coefficient (Wildman–Crippen LogP) is 4.64. The molecular weight excluding hydrogens is 422 g/mol. The third-order valence-corrected chi connectivity index (χ3v) is 7.61. The van der Waals surface area contributed by atoms with Crippen molar-refractivity contribution in [2.45, 2.75) is 30.3 Å². The molecule has 1 spiro atoms. The van der Waals surface area contributed by atoms with E-state index in [0.717, 1.165) is 36.2 Å². The van der Waals surface area contributed by atoms with E-state index in [1.54, 1.807) is 18.3 Å². The Morgan fingerprint density at radius 1 is 1.06 bits per heavy atom. The van der Waals surface area contributed by atoms with Crippen molar-refractivity contribution in [3.05, 3.63) is 94.8 Å². The molecule has 3 aromatic rings. The summed E-state index contributed by atoms with van der Waals surface area (Å²) in [6, 6.07) is 21.0. The third kappa shape index (κ3) is 2.58. The van der Waals surface area contributed by atoms with Crippen molar-refractivity contribution in [3.8, 4) is 0 Å². The lowest BCUT2D eigenvalue weighted by Crippen LogP contribution is -2.53. The van der Waals surface area contributed by atoms with Crippen LogP contribution in [0.5, 0.6) is 0 Å². The molecule has 32 heavy (non-hydrogen) atoms. The zero-order valence-corrected chi connectivity index (χ0v) is 18.1. The number of aromatic nitrogens is 1. The van der Waals surface area contributed by atoms with Gasteiger partial charge in [0.1, 0.15) is 11.2 Å². The molecule has 0 unspecified atom stereocenters. The van der Waals surface area contributed by atoms with Crippen molar-refractivity contribution in [2.75, 3.05) is 11.9 Å². The Morgan fingerprint density at radius 2 is 1.84 bits per heavy atom. The summed E-state index contributed by atoms with van der Waals surface area (Å²) in [5.74, 6) is -0.933. The number of ketones is 1. The molecule has 0 radical (unpaired) electrons. The minimum Gasteiger partial charge on any atom is -0.324 e. The Hall–Kier alpha value is -3.02. The molecule has 160 valence electrons. The molecule has 3 aliphatic heterocycles. The number of nitrogens with one attached hydrogen (secondary N) is 1. The topological polar surface area (TPSA) is 62.3 Å². The summed E-state index contributed by atoms with van der Waals surface area (Å²) >= 11 is 6.18. The molecule has 2 saturated heterocycles. The molecule has 2 aromatic carbocycles. The standard InChI is InChI=1S/C26H22ClN3O2/c27-17-12-10-16(11-13-17)22-21-9-5-15-30(21)26(18-6-1-2-7-19(18)29-25(26)32)23(22)24(31)20-8-3-4-14-28-20/h1-4,6-8,10-14,21-23H,5,9,15H2,(H,29,32)/t21-,22-,23+,26-/m1/s1. The Kier molecular flexibility index (Phi) is 4.46. The van der Waals surface area contributed by atoms with E-state index in [1.165, 1.54) is 0 Å². The molecule has 4 heterocycles. The Morgan fingerprint density at radius 3 is 2.62 bits per heavy atom. The average molecular weight is 444 g/mol. The van der Waals surface area contributed by atoms with Crippen LogP contribution in [-0.2, 0) is 10.3 Å². The smallest absolute Gasteiger partial charge is 0.250 e. The van der Waals surface area contributed by atoms with Crippen molar-refractivity contribution in [1.29, 1.82) is 0 Å². The molecule has 1 N–H and O–H groups in total. The van der Waals surface area contributed by atoms with E-state index in [-0.39, 0.29) is 23.7 Å². The number of amides is 1. The maximum absolute atomic E-state index is 14.2. The molecule has 1 aromatic heterocycles. The molecule has 1 amide bonds. The van der Waals surface area contributed by atoms with E-state index >= 15 is 0 Å². The van der Waals surface area contributed by atoms with Crippen molar-refractivity contribution >= 4 is 29.0 Å². The van der Waals surface area contributed by atoms with E-state index in [0.29, 0.717) is 10.7 Å². The number of Topliss-reactive ketones (excluding diaryl/α,β-unsaturated/α-hetero) is 1. The molecule has 4 atom stereocenters. The monoisotopic (exact) mass is 443 g/mol. The van der Waals surface area contributed by atoms with Crippen LogP contribution in [0.25, 0.3) is 0 Å². The lowest BCUT2D eigenvalue weighted by atomic mass is 9.69. The van der Waals surface area contributed by atoms with Gasteiger partial charge in [-0.25, -0.2) is 0 Å². The number of para-hydroxylation sites is 1. The first kappa shape index (κ1) is 19.6. The van der Waals surface area contributed by atoms with Crippen molar-refractivity contribution in [3.63, 3.8) is 0 Å². The molecule has 0 saturated carbocycles. The molecule has 0 aliphatic carbocycles. The number of fused-ring (bicyclic) bond motifs is 4. The van der Waals surface area contributed by atoms with Crippen molar-refractivity contribution < 1.29 is 9.59 Å². The predicted molar refractivity (Wildman–Crippen MR) is 123 cm³/mol. The molecular formula is C26H22ClN3O2. The largest absolute Gasteiger partial charge is 0.324 e. The van der Waals surface area contributed by atoms with Gasteiger partial charge < -0.3 is 5.32 Å². The van der Waals surface area contributed by atoms with Gasteiger partial charge in [-0.3, -0.25) is 19.5 Å². The Bertz CT molecular complexity index is 1210. The van der Waals surface area contributed by atoms with Gasteiger partial charge in [0.25, 0.3) is 0 Å². The average Bonchev–Trinajstić information content (AvgIpc) is 3.48. The highest BCUT2D eigenvalue weighted by Crippen LogP contribution is 2.61. The first-order valence-electron chi connectivity index (χ1n) is 11.0. The molecule has 6 heteroatoms. The maximum Gasteiger partial charge on any atom is 0.250 e. The van der Waals surface area contributed by atoms with Gasteiger partial charge in [0.15, 0.2) is 5.78 Å². The fourth-order valence-electron chi connectivity index (χ4n) is 6.24. The van der Waals surface area contributed by atoms with Crippen LogP contribution in [0.3, 0.4) is 0 Å². The number of benzene rings is 2. The highest BCUT2D eigenvalue weighted by atomic mass is 35.5. The number of hydrogen-bond donors (Lipinski definition) is 1. The van der Waals surface area contributed by atoms with Crippen molar-refractivity contribution in [2.24, 2.45) is 5.92 Å². The van der Waals surface area contributed by atoms with Gasteiger partial charge in [0, 0.05) is 34.4 Å². The summed E-state index contributed by atoms with van der Waals surface area (Å²) in [5, 5.41) is 3.74. The minimum atomic E-state index is -1.04. The second kappa shape index (κ2) is 7.26. The van der Waals surface area contributed by atoms with Gasteiger partial charge in [0.2, 0.25) is 5.91 Å². The lowest BCUT2D eigenvalue weighted by molar-refractivity contribution is -0.127. The fraction of sp³-hybridized carbons (Fsp3) is 0.269. The van der Waals surface area contributed by atoms with Crippen LogP contribution in [0, 0.1) is 5.92 Å². The maximum atomic E-state index is 14.2. The quantitative estimate of drug-likeness (QED) is 0.599. The zero-order valence-electron chi connectivity index (χ0n) is 17.4. The number of carbonyl (C=O) groups is 2. The summed E-state index contributed by atoms with van der Waals surface area (Å²) in [4.78, 5) is 34.6. The highest BCUT2D eigenvalue weighted by molar-refractivity contribution is 6.30. The molecule has 5 nitrogen and oxygen atoms in total. The first-order valence-corrected chi connectivity index (χ1v) is 11.4. The number of pyridine rings is 1. The van der Waals surface area contributed by atoms with Crippen LogP contribution >= 0.6 is 11.6 Å². The highest BCUT2D eigenvalue weighted by Gasteiger charge is 2.69. The number of rotatable bonds is 3. The Labute approximate surface area is 191 Å². The molecule has 2 fully saturated rings. The second-order valence-corrected chi connectivity index (χ2v) is 9.24. The van der Waals surface area contributed by atoms with Gasteiger partial charge in [-0.05, 0) is 55.3 Å². The van der Waals surface area contributed by atoms with Gasteiger partial charge in [-0.15, -0.1) is 0 Å². The normalized spacial score (nSPS) is 28.5. The first-order chi connectivity index (χ1) is 15.6. The zero-order chi connectivity index (χ0) is 21.9. The number of halogens is 1. The van der Waals surface area contributed by atoms with Gasteiger partial charge >= 0.3 is 0 Å². The van der Waals surface area contributed by atoms with Crippen LogP contribution in [0.4, 0.5) is 5.69 Å². The SMILES string of the molecule is O=C(c1ccccn1)[C@@H]1[C@H](c2ccc(Cl)cc2)[C@H]2CCCN2[C@@]12C(=O)Nc1ccccc12. The van der Waals surface area contributed by atoms with Crippen LogP contribution in [0.2, 0.25) is 5.02 Å². The third-order valence-electron chi connectivity index (χ3n) is 7.36. The lowest BCUT2D eigenvalue weighted by Gasteiger charge is -2.36. The summed E-state index contributed by atoms with van der Waals surface area (Å²) in [5.41, 5.74) is 2.07. The van der Waals surface area contributed by atoms with E-state index < -0.39 is 11.5 Å². The van der Waals surface area contributed by atoms with Crippen LogP contribution in [-0.4, -0.2) is 34.2 Å². The van der Waals surface area contributed by atoms with Gasteiger partial charge in [0.05, 0.1) is 5.92 Å². The molecule has 0 bridgehead atoms. The number of anilines is 1. The van der Waals surface area contributed by atoms with Crippen LogP contribution in [0.15, 0.2) is 72.9 Å². The van der Waals surface area contributed by atoms with Crippen LogP contribution in [0.1, 0.15) is 40.4 Å². The Balaban J connectivity index is 1.62. The van der Waals surface area contributed by atoms with Crippen LogP contribution < -0.4 is 5.32 Å². The summed E-state index contributed by atoms with van der Waals surface area (Å²) in [6.07, 6.45) is 3.57. The number of nitrogens with zero attached hydrogens (tertiary/aromatic N) is 2. The van der Waals surface area contributed by atoms with E-state index in [2.05, 4.69) is 15.2 Å². The minimum absolute atomic E-state index is 0.0887. The summed E-state index contributed by atoms with van der Waals surface area (Å²) in [7, 11) is 0. The van der Waals surface area contributed by atoms with E-state index in [1.807, 2.05) is 54.6 Å². The number of carbonyl (C=O) groups excluding carboxylic acids is 2.